The first-order chi connectivity index (χ1) is 8.57. The summed E-state index contributed by atoms with van der Waals surface area (Å²) in [6, 6.07) is 4.08. The molecule has 2 nitrogen and oxygen atoms in total. The van der Waals surface area contributed by atoms with E-state index in [1.54, 1.807) is 0 Å². The summed E-state index contributed by atoms with van der Waals surface area (Å²) in [6.07, 6.45) is 0.935. The minimum atomic E-state index is -0.102. The van der Waals surface area contributed by atoms with Gasteiger partial charge in [-0.05, 0) is 28.9 Å². The van der Waals surface area contributed by atoms with Crippen LogP contribution in [-0.4, -0.2) is 11.7 Å². The van der Waals surface area contributed by atoms with Crippen molar-refractivity contribution in [2.75, 3.05) is 6.61 Å². The Hall–Kier alpha value is -1.18. The lowest BCUT2D eigenvalue weighted by Gasteiger charge is -2.27. The van der Waals surface area contributed by atoms with E-state index in [2.05, 4.69) is 54.5 Å². The van der Waals surface area contributed by atoms with E-state index in [1.807, 2.05) is 6.07 Å². The highest BCUT2D eigenvalue weighted by atomic mass is 16.5. The standard InChI is InChI=1S/C17H28O2/c1-8-9-19-14-11-12(16(2,3)4)10-13(15(14)18)17(5,6)7/h10-11,18H,8-9H2,1-7H3. The zero-order chi connectivity index (χ0) is 14.8. The smallest absolute Gasteiger partial charge is 0.161 e. The van der Waals surface area contributed by atoms with Crippen LogP contribution in [-0.2, 0) is 10.8 Å². The molecule has 0 aliphatic carbocycles. The summed E-state index contributed by atoms with van der Waals surface area (Å²) in [5.74, 6) is 0.896. The van der Waals surface area contributed by atoms with Gasteiger partial charge in [-0.25, -0.2) is 0 Å². The molecule has 0 atom stereocenters. The van der Waals surface area contributed by atoms with Gasteiger partial charge in [0.1, 0.15) is 0 Å². The lowest BCUT2D eigenvalue weighted by Crippen LogP contribution is -2.17. The van der Waals surface area contributed by atoms with Crippen LogP contribution in [0.3, 0.4) is 0 Å². The molecule has 108 valence electrons. The van der Waals surface area contributed by atoms with Gasteiger partial charge >= 0.3 is 0 Å². The predicted octanol–water partition coefficient (Wildman–Crippen LogP) is 4.78. The van der Waals surface area contributed by atoms with Gasteiger partial charge in [0.25, 0.3) is 0 Å². The van der Waals surface area contributed by atoms with E-state index in [-0.39, 0.29) is 16.6 Å². The van der Waals surface area contributed by atoms with Gasteiger partial charge in [-0.15, -0.1) is 0 Å². The van der Waals surface area contributed by atoms with Crippen LogP contribution >= 0.6 is 0 Å². The second-order valence-electron chi connectivity index (χ2n) is 7.22. The Morgan fingerprint density at radius 2 is 1.58 bits per heavy atom. The summed E-state index contributed by atoms with van der Waals surface area (Å²) in [6.45, 7) is 15.6. The van der Waals surface area contributed by atoms with Crippen molar-refractivity contribution in [2.45, 2.75) is 65.7 Å². The number of benzene rings is 1. The molecule has 0 radical (unpaired) electrons. The third-order valence-corrected chi connectivity index (χ3v) is 3.21. The van der Waals surface area contributed by atoms with Crippen molar-refractivity contribution in [2.24, 2.45) is 0 Å². The van der Waals surface area contributed by atoms with Crippen LogP contribution in [0.25, 0.3) is 0 Å². The first-order valence-electron chi connectivity index (χ1n) is 7.08. The molecular weight excluding hydrogens is 236 g/mol. The van der Waals surface area contributed by atoms with Crippen molar-refractivity contribution >= 4 is 0 Å². The molecule has 0 saturated carbocycles. The van der Waals surface area contributed by atoms with Crippen LogP contribution in [0.15, 0.2) is 12.1 Å². The molecule has 0 spiro atoms. The largest absolute Gasteiger partial charge is 0.504 e. The Labute approximate surface area is 117 Å². The summed E-state index contributed by atoms with van der Waals surface area (Å²) >= 11 is 0. The zero-order valence-electron chi connectivity index (χ0n) is 13.4. The fourth-order valence-electron chi connectivity index (χ4n) is 1.93. The third-order valence-electron chi connectivity index (χ3n) is 3.21. The summed E-state index contributed by atoms with van der Waals surface area (Å²) < 4.78 is 5.71. The third kappa shape index (κ3) is 3.89. The molecule has 0 saturated heterocycles. The molecule has 0 heterocycles. The number of phenolic OH excluding ortho intramolecular Hbond substituents is 1. The molecule has 1 aromatic rings. The zero-order valence-corrected chi connectivity index (χ0v) is 13.4. The Morgan fingerprint density at radius 3 is 2.00 bits per heavy atom. The predicted molar refractivity (Wildman–Crippen MR) is 81.3 cm³/mol. The van der Waals surface area contributed by atoms with Gasteiger partial charge in [-0.1, -0.05) is 54.5 Å². The lowest BCUT2D eigenvalue weighted by molar-refractivity contribution is 0.295. The number of hydrogen-bond donors (Lipinski definition) is 1. The highest BCUT2D eigenvalue weighted by molar-refractivity contribution is 5.52. The van der Waals surface area contributed by atoms with Crippen molar-refractivity contribution in [1.82, 2.24) is 0 Å². The van der Waals surface area contributed by atoms with Crippen molar-refractivity contribution in [3.05, 3.63) is 23.3 Å². The molecule has 0 aliphatic rings. The van der Waals surface area contributed by atoms with Gasteiger partial charge in [0.05, 0.1) is 6.61 Å². The minimum Gasteiger partial charge on any atom is -0.504 e. The molecule has 1 rings (SSSR count). The van der Waals surface area contributed by atoms with Gasteiger partial charge < -0.3 is 9.84 Å². The molecular formula is C17H28O2. The van der Waals surface area contributed by atoms with Crippen molar-refractivity contribution < 1.29 is 9.84 Å². The Bertz CT molecular complexity index is 434. The maximum absolute atomic E-state index is 10.4. The van der Waals surface area contributed by atoms with E-state index in [9.17, 15) is 5.11 Å². The maximum Gasteiger partial charge on any atom is 0.161 e. The van der Waals surface area contributed by atoms with E-state index in [4.69, 9.17) is 4.74 Å². The fourth-order valence-corrected chi connectivity index (χ4v) is 1.93. The van der Waals surface area contributed by atoms with E-state index in [0.29, 0.717) is 12.4 Å². The summed E-state index contributed by atoms with van der Waals surface area (Å²) in [5.41, 5.74) is 2.08. The number of rotatable bonds is 3. The minimum absolute atomic E-state index is 0.0397. The highest BCUT2D eigenvalue weighted by Crippen LogP contribution is 2.41. The average molecular weight is 264 g/mol. The molecule has 0 fully saturated rings. The van der Waals surface area contributed by atoms with Crippen molar-refractivity contribution in [3.63, 3.8) is 0 Å². The van der Waals surface area contributed by atoms with Crippen LogP contribution < -0.4 is 4.74 Å². The average Bonchev–Trinajstić information content (AvgIpc) is 2.24. The van der Waals surface area contributed by atoms with Gasteiger partial charge in [0.15, 0.2) is 11.5 Å². The lowest BCUT2D eigenvalue weighted by atomic mass is 9.80. The SMILES string of the molecule is CCCOc1cc(C(C)(C)C)cc(C(C)(C)C)c1O. The number of aromatic hydroxyl groups is 1. The van der Waals surface area contributed by atoms with E-state index in [0.717, 1.165) is 12.0 Å². The molecule has 19 heavy (non-hydrogen) atoms. The highest BCUT2D eigenvalue weighted by Gasteiger charge is 2.25. The Morgan fingerprint density at radius 1 is 1.00 bits per heavy atom. The molecule has 1 N–H and O–H groups in total. The monoisotopic (exact) mass is 264 g/mol. The van der Waals surface area contributed by atoms with Gasteiger partial charge in [-0.2, -0.15) is 0 Å². The van der Waals surface area contributed by atoms with Crippen LogP contribution in [0, 0.1) is 0 Å². The topological polar surface area (TPSA) is 29.5 Å². The molecule has 1 aromatic carbocycles. The maximum atomic E-state index is 10.4. The Kier molecular flexibility index (Phi) is 4.54. The molecule has 0 aromatic heterocycles. The van der Waals surface area contributed by atoms with E-state index >= 15 is 0 Å². The van der Waals surface area contributed by atoms with Crippen molar-refractivity contribution in [1.29, 1.82) is 0 Å². The van der Waals surface area contributed by atoms with E-state index < -0.39 is 0 Å². The normalized spacial score (nSPS) is 12.6. The van der Waals surface area contributed by atoms with Crippen LogP contribution in [0.4, 0.5) is 0 Å². The van der Waals surface area contributed by atoms with Gasteiger partial charge in [0, 0.05) is 5.56 Å². The first-order valence-corrected chi connectivity index (χ1v) is 7.08. The van der Waals surface area contributed by atoms with Crippen molar-refractivity contribution in [3.8, 4) is 11.5 Å². The summed E-state index contributed by atoms with van der Waals surface area (Å²) in [5, 5.41) is 10.4. The van der Waals surface area contributed by atoms with Gasteiger partial charge in [0.2, 0.25) is 0 Å². The quantitative estimate of drug-likeness (QED) is 0.851. The van der Waals surface area contributed by atoms with Gasteiger partial charge in [-0.3, -0.25) is 0 Å². The molecule has 0 aliphatic heterocycles. The molecule has 0 unspecified atom stereocenters. The Balaban J connectivity index is 3.39. The summed E-state index contributed by atoms with van der Waals surface area (Å²) in [7, 11) is 0. The second kappa shape index (κ2) is 5.44. The number of ether oxygens (including phenoxy) is 1. The molecule has 2 heteroatoms. The van der Waals surface area contributed by atoms with E-state index in [1.165, 1.54) is 5.56 Å². The summed E-state index contributed by atoms with van der Waals surface area (Å²) in [4.78, 5) is 0. The number of hydrogen-bond acceptors (Lipinski definition) is 2. The van der Waals surface area contributed by atoms with Crippen LogP contribution in [0.5, 0.6) is 11.5 Å². The first kappa shape index (κ1) is 15.9. The van der Waals surface area contributed by atoms with Crippen LogP contribution in [0.1, 0.15) is 66.0 Å². The molecule has 0 amide bonds. The van der Waals surface area contributed by atoms with Crippen LogP contribution in [0.2, 0.25) is 0 Å². The number of phenols is 1. The molecule has 0 bridgehead atoms. The second-order valence-corrected chi connectivity index (χ2v) is 7.22. The fraction of sp³-hybridized carbons (Fsp3) is 0.647.